The first kappa shape index (κ1) is 32.7. The van der Waals surface area contributed by atoms with Crippen LogP contribution in [0.25, 0.3) is 11.3 Å². The maximum atomic E-state index is 14.9. The Bertz CT molecular complexity index is 1940. The van der Waals surface area contributed by atoms with E-state index in [2.05, 4.69) is 14.9 Å². The molecule has 2 aromatic heterocycles. The third kappa shape index (κ3) is 7.53. The van der Waals surface area contributed by atoms with Gasteiger partial charge < -0.3 is 23.7 Å². The number of pyridine rings is 1. The molecule has 1 fully saturated rings. The fourth-order valence-electron chi connectivity index (χ4n) is 6.05. The Balaban J connectivity index is 1.23. The minimum atomic E-state index is -4.02. The first-order valence-electron chi connectivity index (χ1n) is 15.5. The number of aryl methyl sites for hydroxylation is 1. The molecule has 2 atom stereocenters. The van der Waals surface area contributed by atoms with Crippen molar-refractivity contribution in [3.05, 3.63) is 99.6 Å². The molecule has 0 saturated carbocycles. The number of nitrogens with zero attached hydrogens (tertiary/aromatic N) is 4. The van der Waals surface area contributed by atoms with Gasteiger partial charge in [0, 0.05) is 29.1 Å². The molecule has 248 valence electrons. The van der Waals surface area contributed by atoms with E-state index in [1.54, 1.807) is 49.4 Å². The summed E-state index contributed by atoms with van der Waals surface area (Å²) in [6, 6.07) is 14.1. The molecule has 13 heteroatoms. The molecular formula is C34H36F2N4O6S. The van der Waals surface area contributed by atoms with Gasteiger partial charge in [-0.3, -0.25) is 4.79 Å². The maximum Gasteiger partial charge on any atom is 0.286 e. The van der Waals surface area contributed by atoms with Crippen molar-refractivity contribution in [1.82, 2.24) is 19.4 Å². The number of hydrogen-bond acceptors (Lipinski definition) is 9. The van der Waals surface area contributed by atoms with Crippen molar-refractivity contribution in [3.63, 3.8) is 0 Å². The van der Waals surface area contributed by atoms with Gasteiger partial charge in [-0.1, -0.05) is 30.7 Å². The molecule has 47 heavy (non-hydrogen) atoms. The second kappa shape index (κ2) is 13.9. The number of sulfone groups is 1. The number of benzene rings is 2. The minimum Gasteiger partial charge on any atom is -0.454 e. The lowest BCUT2D eigenvalue weighted by Crippen LogP contribution is -2.46. The summed E-state index contributed by atoms with van der Waals surface area (Å²) in [5.74, 6) is -0.575. The maximum absolute atomic E-state index is 14.9. The second-order valence-electron chi connectivity index (χ2n) is 12.0. The fraction of sp³-hybridized carbons (Fsp3) is 0.382. The van der Waals surface area contributed by atoms with Gasteiger partial charge in [0.25, 0.3) is 5.56 Å². The molecule has 0 bridgehead atoms. The molecule has 0 N–H and O–H groups in total. The quantitative estimate of drug-likeness (QED) is 0.206. The van der Waals surface area contributed by atoms with Crippen LogP contribution in [0.3, 0.4) is 0 Å². The van der Waals surface area contributed by atoms with E-state index >= 15 is 0 Å². The summed E-state index contributed by atoms with van der Waals surface area (Å²) >= 11 is 0. The van der Waals surface area contributed by atoms with Gasteiger partial charge in [-0.25, -0.2) is 27.2 Å². The molecule has 2 unspecified atom stereocenters. The van der Waals surface area contributed by atoms with Crippen molar-refractivity contribution in [1.29, 1.82) is 0 Å². The molecule has 2 aromatic carbocycles. The number of halogens is 2. The van der Waals surface area contributed by atoms with Crippen LogP contribution in [0.5, 0.6) is 11.5 Å². The largest absolute Gasteiger partial charge is 0.454 e. The summed E-state index contributed by atoms with van der Waals surface area (Å²) in [7, 11) is -2.04. The molecule has 2 aliphatic heterocycles. The zero-order valence-corrected chi connectivity index (χ0v) is 27.0. The van der Waals surface area contributed by atoms with E-state index in [-0.39, 0.29) is 55.2 Å². The molecule has 6 rings (SSSR count). The Labute approximate surface area is 271 Å². The minimum absolute atomic E-state index is 0.0142. The van der Waals surface area contributed by atoms with Crippen LogP contribution in [0.1, 0.15) is 42.5 Å². The second-order valence-corrected chi connectivity index (χ2v) is 14.0. The third-order valence-electron chi connectivity index (χ3n) is 8.58. The summed E-state index contributed by atoms with van der Waals surface area (Å²) in [5.41, 5.74) is 0.998. The standard InChI is InChI=1S/C34H36F2N4O6S/c1-22-15-28(25-17-27(36)33(41)40(19-25)18-23-10-11-31-32(16-23)46-21-45-31)38-34(37-22)47(42,43)14-12-30(29-9-5-6-13-39(29)2)44-20-24-7-3-4-8-26(24)35/h3-4,7-8,10-11,15-17,19,29-30H,5-6,9,12-14,18,20-21H2,1-2H3. The number of ether oxygens (including phenoxy) is 3. The predicted molar refractivity (Wildman–Crippen MR) is 170 cm³/mol. The Kier molecular flexibility index (Phi) is 9.67. The molecule has 0 radical (unpaired) electrons. The zero-order valence-electron chi connectivity index (χ0n) is 26.2. The zero-order chi connectivity index (χ0) is 33.1. The van der Waals surface area contributed by atoms with Crippen LogP contribution in [-0.2, 0) is 27.7 Å². The first-order valence-corrected chi connectivity index (χ1v) is 17.2. The van der Waals surface area contributed by atoms with E-state index in [4.69, 9.17) is 14.2 Å². The number of likely N-dealkylation sites (N-methyl/N-ethyl adjacent to an activating group) is 1. The van der Waals surface area contributed by atoms with Crippen LogP contribution in [0.2, 0.25) is 0 Å². The molecule has 0 aliphatic carbocycles. The Morgan fingerprint density at radius 3 is 2.64 bits per heavy atom. The summed E-state index contributed by atoms with van der Waals surface area (Å²) in [6.45, 7) is 2.63. The molecule has 0 spiro atoms. The van der Waals surface area contributed by atoms with Crippen molar-refractivity contribution < 1.29 is 31.4 Å². The molecular weight excluding hydrogens is 630 g/mol. The van der Waals surface area contributed by atoms with Crippen LogP contribution in [-0.4, -0.2) is 66.1 Å². The number of piperidine rings is 1. The lowest BCUT2D eigenvalue weighted by molar-refractivity contribution is -0.0311. The highest BCUT2D eigenvalue weighted by Gasteiger charge is 2.31. The predicted octanol–water partition coefficient (Wildman–Crippen LogP) is 4.90. The molecule has 1 saturated heterocycles. The number of rotatable bonds is 11. The van der Waals surface area contributed by atoms with Gasteiger partial charge in [0.05, 0.1) is 30.7 Å². The van der Waals surface area contributed by atoms with Gasteiger partial charge in [-0.15, -0.1) is 0 Å². The highest BCUT2D eigenvalue weighted by molar-refractivity contribution is 7.91. The molecule has 2 aliphatic rings. The number of fused-ring (bicyclic) bond motifs is 1. The highest BCUT2D eigenvalue weighted by Crippen LogP contribution is 2.33. The van der Waals surface area contributed by atoms with Crippen molar-refractivity contribution in [3.8, 4) is 22.8 Å². The van der Waals surface area contributed by atoms with Crippen LogP contribution >= 0.6 is 0 Å². The van der Waals surface area contributed by atoms with Crippen LogP contribution < -0.4 is 15.0 Å². The van der Waals surface area contributed by atoms with Gasteiger partial charge in [-0.2, -0.15) is 0 Å². The summed E-state index contributed by atoms with van der Waals surface area (Å²) in [4.78, 5) is 23.4. The fourth-order valence-corrected chi connectivity index (χ4v) is 7.30. The van der Waals surface area contributed by atoms with Crippen molar-refractivity contribution in [2.75, 3.05) is 26.1 Å². The lowest BCUT2D eigenvalue weighted by atomic mass is 9.96. The summed E-state index contributed by atoms with van der Waals surface area (Å²) in [6.07, 6.45) is 3.96. The first-order chi connectivity index (χ1) is 22.6. The molecule has 4 heterocycles. The van der Waals surface area contributed by atoms with E-state index in [1.165, 1.54) is 16.8 Å². The molecule has 4 aromatic rings. The number of hydrogen-bond donors (Lipinski definition) is 0. The molecule has 10 nitrogen and oxygen atoms in total. The van der Waals surface area contributed by atoms with E-state index < -0.39 is 32.5 Å². The van der Waals surface area contributed by atoms with Gasteiger partial charge in [0.15, 0.2) is 17.3 Å². The number of likely N-dealkylation sites (tertiary alicyclic amines) is 1. The van der Waals surface area contributed by atoms with E-state index in [0.717, 1.165) is 31.9 Å². The highest BCUT2D eigenvalue weighted by atomic mass is 32.2. The van der Waals surface area contributed by atoms with Gasteiger partial charge in [-0.05, 0) is 75.7 Å². The monoisotopic (exact) mass is 666 g/mol. The number of aromatic nitrogens is 3. The average Bonchev–Trinajstić information content (AvgIpc) is 3.52. The van der Waals surface area contributed by atoms with Gasteiger partial charge in [0.1, 0.15) is 5.82 Å². The third-order valence-corrected chi connectivity index (χ3v) is 10.1. The Morgan fingerprint density at radius 2 is 1.83 bits per heavy atom. The topological polar surface area (TPSA) is 113 Å². The average molecular weight is 667 g/mol. The van der Waals surface area contributed by atoms with Crippen molar-refractivity contribution in [2.24, 2.45) is 0 Å². The van der Waals surface area contributed by atoms with Crippen molar-refractivity contribution in [2.45, 2.75) is 63.1 Å². The van der Waals surface area contributed by atoms with Crippen LogP contribution in [0.4, 0.5) is 8.78 Å². The lowest BCUT2D eigenvalue weighted by Gasteiger charge is -2.38. The normalized spacial score (nSPS) is 17.1. The SMILES string of the molecule is Cc1cc(-c2cc(F)c(=O)n(Cc3ccc4c(c3)OCO4)c2)nc(S(=O)(=O)CCC(OCc2ccccc2F)C2CCCCN2C)n1. The van der Waals surface area contributed by atoms with Crippen molar-refractivity contribution >= 4 is 9.84 Å². The van der Waals surface area contributed by atoms with Crippen LogP contribution in [0.15, 0.2) is 70.7 Å². The van der Waals surface area contributed by atoms with E-state index in [9.17, 15) is 22.0 Å². The smallest absolute Gasteiger partial charge is 0.286 e. The molecule has 0 amide bonds. The van der Waals surface area contributed by atoms with E-state index in [1.807, 2.05) is 7.05 Å². The summed E-state index contributed by atoms with van der Waals surface area (Å²) < 4.78 is 74.8. The van der Waals surface area contributed by atoms with E-state index in [0.29, 0.717) is 28.3 Å². The van der Waals surface area contributed by atoms with Gasteiger partial charge in [0.2, 0.25) is 21.8 Å². The summed E-state index contributed by atoms with van der Waals surface area (Å²) in [5, 5.41) is -0.397. The Hall–Kier alpha value is -4.20. The van der Waals surface area contributed by atoms with Gasteiger partial charge >= 0.3 is 0 Å². The Morgan fingerprint density at radius 1 is 1.02 bits per heavy atom. The van der Waals surface area contributed by atoms with Crippen LogP contribution in [0, 0.1) is 18.6 Å².